The van der Waals surface area contributed by atoms with Crippen LogP contribution in [0.15, 0.2) is 30.3 Å². The number of hydrogen-bond donors (Lipinski definition) is 0. The third-order valence-electron chi connectivity index (χ3n) is 3.26. The summed E-state index contributed by atoms with van der Waals surface area (Å²) in [5, 5.41) is 4.44. The van der Waals surface area contributed by atoms with Gasteiger partial charge in [-0.05, 0) is 39.8 Å². The smallest absolute Gasteiger partial charge is 0.341 e. The van der Waals surface area contributed by atoms with Crippen LogP contribution in [0.1, 0.15) is 35.6 Å². The maximum absolute atomic E-state index is 12.2. The molecule has 0 atom stereocenters. The van der Waals surface area contributed by atoms with Crippen molar-refractivity contribution in [2.24, 2.45) is 0 Å². The molecule has 0 N–H and O–H groups in total. The van der Waals surface area contributed by atoms with Gasteiger partial charge in [-0.2, -0.15) is 5.10 Å². The first-order valence-corrected chi connectivity index (χ1v) is 7.41. The Labute approximate surface area is 130 Å². The van der Waals surface area contributed by atoms with Crippen molar-refractivity contribution in [3.8, 4) is 5.69 Å². The van der Waals surface area contributed by atoms with Crippen molar-refractivity contribution in [1.82, 2.24) is 9.78 Å². The Balaban J connectivity index is 2.12. The van der Waals surface area contributed by atoms with E-state index in [4.69, 9.17) is 9.47 Å². The van der Waals surface area contributed by atoms with Gasteiger partial charge in [0.15, 0.2) is 0 Å². The topological polar surface area (TPSA) is 53.4 Å². The number of aromatic nitrogens is 2. The van der Waals surface area contributed by atoms with Crippen molar-refractivity contribution in [1.29, 1.82) is 0 Å². The fourth-order valence-corrected chi connectivity index (χ4v) is 2.25. The Hall–Kier alpha value is -2.14. The van der Waals surface area contributed by atoms with Gasteiger partial charge >= 0.3 is 5.97 Å². The summed E-state index contributed by atoms with van der Waals surface area (Å²) in [5.74, 6) is -0.357. The molecule has 2 rings (SSSR count). The molecule has 1 aromatic heterocycles. The van der Waals surface area contributed by atoms with Gasteiger partial charge in [0.2, 0.25) is 0 Å². The van der Waals surface area contributed by atoms with E-state index in [0.29, 0.717) is 17.9 Å². The Kier molecular flexibility index (Phi) is 5.33. The number of hydrogen-bond acceptors (Lipinski definition) is 4. The lowest BCUT2D eigenvalue weighted by Gasteiger charge is -2.08. The van der Waals surface area contributed by atoms with Crippen molar-refractivity contribution in [3.05, 3.63) is 47.3 Å². The number of nitrogens with zero attached hydrogens (tertiary/aromatic N) is 2. The average molecular weight is 302 g/mol. The summed E-state index contributed by atoms with van der Waals surface area (Å²) >= 11 is 0. The second kappa shape index (κ2) is 7.22. The minimum absolute atomic E-state index is 0.128. The van der Waals surface area contributed by atoms with Gasteiger partial charge in [-0.3, -0.25) is 0 Å². The van der Waals surface area contributed by atoms with Crippen LogP contribution in [-0.4, -0.2) is 35.1 Å². The molecule has 0 fully saturated rings. The lowest BCUT2D eigenvalue weighted by atomic mass is 10.2. The van der Waals surface area contributed by atoms with Crippen LogP contribution in [0.5, 0.6) is 0 Å². The lowest BCUT2D eigenvalue weighted by Crippen LogP contribution is -2.14. The van der Waals surface area contributed by atoms with Gasteiger partial charge in [-0.1, -0.05) is 18.2 Å². The van der Waals surface area contributed by atoms with E-state index in [1.165, 1.54) is 0 Å². The molecule has 118 valence electrons. The molecule has 0 aliphatic carbocycles. The van der Waals surface area contributed by atoms with E-state index in [1.54, 1.807) is 4.68 Å². The quantitative estimate of drug-likeness (QED) is 0.608. The Morgan fingerprint density at radius 1 is 1.18 bits per heavy atom. The maximum Gasteiger partial charge on any atom is 0.341 e. The normalized spacial score (nSPS) is 11.0. The van der Waals surface area contributed by atoms with Crippen molar-refractivity contribution in [3.63, 3.8) is 0 Å². The van der Waals surface area contributed by atoms with Gasteiger partial charge in [0.05, 0.1) is 29.8 Å². The van der Waals surface area contributed by atoms with Gasteiger partial charge in [0.1, 0.15) is 12.2 Å². The lowest BCUT2D eigenvalue weighted by molar-refractivity contribution is 0.0176. The number of rotatable bonds is 6. The summed E-state index contributed by atoms with van der Waals surface area (Å²) in [7, 11) is 0. The van der Waals surface area contributed by atoms with Crippen molar-refractivity contribution < 1.29 is 14.3 Å². The first-order valence-electron chi connectivity index (χ1n) is 7.41. The molecule has 0 spiro atoms. The molecule has 0 saturated carbocycles. The Bertz CT molecular complexity index is 633. The molecule has 0 aliphatic heterocycles. The predicted octanol–water partition coefficient (Wildman–Crippen LogP) is 3.07. The SMILES string of the molecule is Cc1nn(-c2ccccc2)c(C)c1C(=O)OCCOC(C)C. The van der Waals surface area contributed by atoms with Crippen LogP contribution in [0, 0.1) is 13.8 Å². The van der Waals surface area contributed by atoms with Gasteiger partial charge in [0, 0.05) is 0 Å². The van der Waals surface area contributed by atoms with Crippen molar-refractivity contribution in [2.75, 3.05) is 13.2 Å². The predicted molar refractivity (Wildman–Crippen MR) is 84.4 cm³/mol. The highest BCUT2D eigenvalue weighted by Gasteiger charge is 2.20. The Morgan fingerprint density at radius 3 is 2.50 bits per heavy atom. The molecule has 1 heterocycles. The van der Waals surface area contributed by atoms with E-state index in [9.17, 15) is 4.79 Å². The summed E-state index contributed by atoms with van der Waals surface area (Å²) in [6, 6.07) is 9.72. The van der Waals surface area contributed by atoms with Crippen molar-refractivity contribution in [2.45, 2.75) is 33.8 Å². The highest BCUT2D eigenvalue weighted by atomic mass is 16.6. The van der Waals surface area contributed by atoms with E-state index < -0.39 is 0 Å². The second-order valence-electron chi connectivity index (χ2n) is 5.35. The highest BCUT2D eigenvalue weighted by Crippen LogP contribution is 2.18. The zero-order chi connectivity index (χ0) is 16.1. The number of benzene rings is 1. The third kappa shape index (κ3) is 3.74. The van der Waals surface area contributed by atoms with Gasteiger partial charge < -0.3 is 9.47 Å². The highest BCUT2D eigenvalue weighted by molar-refractivity contribution is 5.92. The summed E-state index contributed by atoms with van der Waals surface area (Å²) in [6.45, 7) is 8.21. The van der Waals surface area contributed by atoms with E-state index in [-0.39, 0.29) is 18.7 Å². The summed E-state index contributed by atoms with van der Waals surface area (Å²) in [6.07, 6.45) is 0.128. The molecule has 1 aromatic carbocycles. The Morgan fingerprint density at radius 2 is 1.86 bits per heavy atom. The molecule has 0 aliphatic rings. The van der Waals surface area contributed by atoms with Crippen LogP contribution in [0.3, 0.4) is 0 Å². The molecule has 5 nitrogen and oxygen atoms in total. The average Bonchev–Trinajstić information content (AvgIpc) is 2.79. The first-order chi connectivity index (χ1) is 10.5. The maximum atomic E-state index is 12.2. The van der Waals surface area contributed by atoms with E-state index >= 15 is 0 Å². The summed E-state index contributed by atoms with van der Waals surface area (Å²) < 4.78 is 12.4. The summed E-state index contributed by atoms with van der Waals surface area (Å²) in [5.41, 5.74) is 2.88. The van der Waals surface area contributed by atoms with Gasteiger partial charge in [-0.15, -0.1) is 0 Å². The third-order valence-corrected chi connectivity index (χ3v) is 3.26. The van der Waals surface area contributed by atoms with Crippen LogP contribution >= 0.6 is 0 Å². The molecule has 0 unspecified atom stereocenters. The van der Waals surface area contributed by atoms with Crippen LogP contribution in [0.4, 0.5) is 0 Å². The molecule has 2 aromatic rings. The van der Waals surface area contributed by atoms with Gasteiger partial charge in [0.25, 0.3) is 0 Å². The van der Waals surface area contributed by atoms with Crippen LogP contribution in [0.2, 0.25) is 0 Å². The number of carbonyl (C=O) groups is 1. The number of para-hydroxylation sites is 1. The van der Waals surface area contributed by atoms with E-state index in [0.717, 1.165) is 11.4 Å². The van der Waals surface area contributed by atoms with Crippen molar-refractivity contribution >= 4 is 5.97 Å². The van der Waals surface area contributed by atoms with E-state index in [2.05, 4.69) is 5.10 Å². The minimum Gasteiger partial charge on any atom is -0.460 e. The standard InChI is InChI=1S/C17H22N2O3/c1-12(2)21-10-11-22-17(20)16-13(3)18-19(14(16)4)15-8-6-5-7-9-15/h5-9,12H,10-11H2,1-4H3. The van der Waals surface area contributed by atoms with Crippen LogP contribution in [0.25, 0.3) is 5.69 Å². The van der Waals surface area contributed by atoms with Crippen LogP contribution in [-0.2, 0) is 9.47 Å². The molecule has 5 heteroatoms. The molecule has 0 radical (unpaired) electrons. The van der Waals surface area contributed by atoms with Gasteiger partial charge in [-0.25, -0.2) is 9.48 Å². The largest absolute Gasteiger partial charge is 0.460 e. The molecule has 0 bridgehead atoms. The fraction of sp³-hybridized carbons (Fsp3) is 0.412. The summed E-state index contributed by atoms with van der Waals surface area (Å²) in [4.78, 5) is 12.2. The number of aryl methyl sites for hydroxylation is 1. The fourth-order valence-electron chi connectivity index (χ4n) is 2.25. The number of carbonyl (C=O) groups excluding carboxylic acids is 1. The molecule has 0 amide bonds. The molecule has 22 heavy (non-hydrogen) atoms. The zero-order valence-corrected chi connectivity index (χ0v) is 13.5. The monoisotopic (exact) mass is 302 g/mol. The van der Waals surface area contributed by atoms with E-state index in [1.807, 2.05) is 58.0 Å². The molecular weight excluding hydrogens is 280 g/mol. The first kappa shape index (κ1) is 16.2. The van der Waals surface area contributed by atoms with Crippen LogP contribution < -0.4 is 0 Å². The molecular formula is C17H22N2O3. The zero-order valence-electron chi connectivity index (χ0n) is 13.5. The minimum atomic E-state index is -0.357. The molecule has 0 saturated heterocycles. The number of esters is 1. The second-order valence-corrected chi connectivity index (χ2v) is 5.35. The number of ether oxygens (including phenoxy) is 2.